The van der Waals surface area contributed by atoms with Crippen LogP contribution in [0.4, 0.5) is 0 Å². The van der Waals surface area contributed by atoms with Crippen molar-refractivity contribution in [3.8, 4) is 0 Å². The number of amides is 1. The summed E-state index contributed by atoms with van der Waals surface area (Å²) in [6, 6.07) is 0. The third-order valence-electron chi connectivity index (χ3n) is 2.89. The van der Waals surface area contributed by atoms with Crippen LogP contribution in [-0.4, -0.2) is 44.0 Å². The number of rotatable bonds is 9. The van der Waals surface area contributed by atoms with Crippen LogP contribution in [0.25, 0.3) is 0 Å². The fourth-order valence-electron chi connectivity index (χ4n) is 1.86. The first kappa shape index (κ1) is 17.9. The predicted octanol–water partition coefficient (Wildman–Crippen LogP) is 1.41. The molecule has 112 valence electrons. The minimum absolute atomic E-state index is 0.0516. The SMILES string of the molecule is CC(C)C[C@H](CN)CC(=O)OCCCC(=O)N(C)C. The van der Waals surface area contributed by atoms with Crippen molar-refractivity contribution in [3.63, 3.8) is 0 Å². The summed E-state index contributed by atoms with van der Waals surface area (Å²) in [7, 11) is 3.43. The van der Waals surface area contributed by atoms with E-state index in [4.69, 9.17) is 10.5 Å². The molecule has 5 heteroatoms. The van der Waals surface area contributed by atoms with Gasteiger partial charge in [-0.25, -0.2) is 0 Å². The minimum atomic E-state index is -0.214. The number of nitrogens with two attached hydrogens (primary N) is 1. The van der Waals surface area contributed by atoms with E-state index in [9.17, 15) is 9.59 Å². The highest BCUT2D eigenvalue weighted by Crippen LogP contribution is 2.14. The predicted molar refractivity (Wildman–Crippen MR) is 75.5 cm³/mol. The Balaban J connectivity index is 3.77. The van der Waals surface area contributed by atoms with Gasteiger partial charge in [-0.3, -0.25) is 9.59 Å². The molecule has 0 aromatic carbocycles. The monoisotopic (exact) mass is 272 g/mol. The van der Waals surface area contributed by atoms with E-state index in [0.717, 1.165) is 6.42 Å². The Bertz CT molecular complexity index is 278. The molecule has 0 spiro atoms. The van der Waals surface area contributed by atoms with Crippen LogP contribution in [0.15, 0.2) is 0 Å². The van der Waals surface area contributed by atoms with Gasteiger partial charge >= 0.3 is 5.97 Å². The third-order valence-corrected chi connectivity index (χ3v) is 2.89. The first-order valence-corrected chi connectivity index (χ1v) is 6.92. The number of nitrogens with zero attached hydrogens (tertiary/aromatic N) is 1. The van der Waals surface area contributed by atoms with Crippen LogP contribution in [0.1, 0.15) is 39.5 Å². The van der Waals surface area contributed by atoms with Gasteiger partial charge in [0, 0.05) is 26.9 Å². The number of hydrogen-bond donors (Lipinski definition) is 1. The van der Waals surface area contributed by atoms with Crippen LogP contribution in [-0.2, 0) is 14.3 Å². The van der Waals surface area contributed by atoms with E-state index in [1.165, 1.54) is 4.90 Å². The second-order valence-corrected chi connectivity index (χ2v) is 5.55. The maximum Gasteiger partial charge on any atom is 0.306 e. The highest BCUT2D eigenvalue weighted by atomic mass is 16.5. The number of carbonyl (C=O) groups is 2. The summed E-state index contributed by atoms with van der Waals surface area (Å²) in [6.45, 7) is 5.03. The number of carbonyl (C=O) groups excluding carboxylic acids is 2. The number of hydrogen-bond acceptors (Lipinski definition) is 4. The van der Waals surface area contributed by atoms with Crippen molar-refractivity contribution in [2.45, 2.75) is 39.5 Å². The fourth-order valence-corrected chi connectivity index (χ4v) is 1.86. The molecule has 0 rings (SSSR count). The molecule has 19 heavy (non-hydrogen) atoms. The van der Waals surface area contributed by atoms with E-state index in [-0.39, 0.29) is 17.8 Å². The molecule has 0 radical (unpaired) electrons. The molecule has 2 N–H and O–H groups in total. The van der Waals surface area contributed by atoms with Crippen molar-refractivity contribution in [3.05, 3.63) is 0 Å². The molecule has 0 saturated heterocycles. The van der Waals surface area contributed by atoms with Crippen LogP contribution in [0, 0.1) is 11.8 Å². The van der Waals surface area contributed by atoms with Crippen molar-refractivity contribution < 1.29 is 14.3 Å². The average molecular weight is 272 g/mol. The van der Waals surface area contributed by atoms with Crippen LogP contribution in [0.2, 0.25) is 0 Å². The molecule has 0 unspecified atom stereocenters. The van der Waals surface area contributed by atoms with Crippen molar-refractivity contribution in [2.75, 3.05) is 27.2 Å². The Morgan fingerprint density at radius 1 is 1.26 bits per heavy atom. The molecule has 0 aromatic heterocycles. The zero-order chi connectivity index (χ0) is 14.8. The Hall–Kier alpha value is -1.10. The number of ether oxygens (including phenoxy) is 1. The van der Waals surface area contributed by atoms with Gasteiger partial charge in [-0.05, 0) is 31.2 Å². The zero-order valence-electron chi connectivity index (χ0n) is 12.6. The molecule has 1 atom stereocenters. The van der Waals surface area contributed by atoms with Crippen LogP contribution < -0.4 is 5.73 Å². The quantitative estimate of drug-likeness (QED) is 0.509. The van der Waals surface area contributed by atoms with E-state index in [2.05, 4.69) is 13.8 Å². The van der Waals surface area contributed by atoms with E-state index in [0.29, 0.717) is 38.3 Å². The van der Waals surface area contributed by atoms with Gasteiger partial charge in [0.1, 0.15) is 0 Å². The molecule has 0 aromatic rings. The van der Waals surface area contributed by atoms with Crippen molar-refractivity contribution in [2.24, 2.45) is 17.6 Å². The molecule has 0 fully saturated rings. The van der Waals surface area contributed by atoms with Gasteiger partial charge in [0.25, 0.3) is 0 Å². The van der Waals surface area contributed by atoms with Crippen LogP contribution in [0.3, 0.4) is 0 Å². The van der Waals surface area contributed by atoms with E-state index in [1.807, 2.05) is 0 Å². The molecular formula is C14H28N2O3. The highest BCUT2D eigenvalue weighted by molar-refractivity contribution is 5.75. The molecule has 0 saturated carbocycles. The maximum atomic E-state index is 11.6. The second-order valence-electron chi connectivity index (χ2n) is 5.55. The molecule has 0 aliphatic rings. The highest BCUT2D eigenvalue weighted by Gasteiger charge is 2.15. The molecule has 0 aliphatic carbocycles. The lowest BCUT2D eigenvalue weighted by Gasteiger charge is -2.16. The first-order chi connectivity index (χ1) is 8.86. The normalized spacial score (nSPS) is 12.3. The molecule has 1 amide bonds. The van der Waals surface area contributed by atoms with Gasteiger partial charge in [0.15, 0.2) is 0 Å². The fraction of sp³-hybridized carbons (Fsp3) is 0.857. The van der Waals surface area contributed by atoms with Gasteiger partial charge in [0.2, 0.25) is 5.91 Å². The van der Waals surface area contributed by atoms with Gasteiger partial charge in [-0.1, -0.05) is 13.8 Å². The van der Waals surface area contributed by atoms with Crippen molar-refractivity contribution in [1.29, 1.82) is 0 Å². The summed E-state index contributed by atoms with van der Waals surface area (Å²) in [5.41, 5.74) is 5.64. The van der Waals surface area contributed by atoms with Crippen molar-refractivity contribution in [1.82, 2.24) is 4.90 Å². The summed E-state index contributed by atoms with van der Waals surface area (Å²) in [4.78, 5) is 24.4. The lowest BCUT2D eigenvalue weighted by atomic mass is 9.94. The standard InChI is InChI=1S/C14H28N2O3/c1-11(2)8-12(10-15)9-14(18)19-7-5-6-13(17)16(3)4/h11-12H,5-10,15H2,1-4H3/t12-/m0/s1. The summed E-state index contributed by atoms with van der Waals surface area (Å²) >= 11 is 0. The average Bonchev–Trinajstić information content (AvgIpc) is 2.32. The Labute approximate surface area is 116 Å². The van der Waals surface area contributed by atoms with Gasteiger partial charge in [-0.2, -0.15) is 0 Å². The van der Waals surface area contributed by atoms with E-state index in [1.54, 1.807) is 14.1 Å². The molecule has 5 nitrogen and oxygen atoms in total. The molecular weight excluding hydrogens is 244 g/mol. The zero-order valence-corrected chi connectivity index (χ0v) is 12.6. The summed E-state index contributed by atoms with van der Waals surface area (Å²) in [5.74, 6) is 0.555. The maximum absolute atomic E-state index is 11.6. The molecule has 0 bridgehead atoms. The van der Waals surface area contributed by atoms with Crippen LogP contribution in [0.5, 0.6) is 0 Å². The summed E-state index contributed by atoms with van der Waals surface area (Å²) in [6.07, 6.45) is 2.29. The Morgan fingerprint density at radius 2 is 1.89 bits per heavy atom. The Morgan fingerprint density at radius 3 is 2.37 bits per heavy atom. The van der Waals surface area contributed by atoms with Gasteiger partial charge in [0.05, 0.1) is 6.61 Å². The largest absolute Gasteiger partial charge is 0.466 e. The minimum Gasteiger partial charge on any atom is -0.466 e. The smallest absolute Gasteiger partial charge is 0.306 e. The van der Waals surface area contributed by atoms with Gasteiger partial charge in [-0.15, -0.1) is 0 Å². The number of esters is 1. The Kier molecular flexibility index (Phi) is 9.21. The molecule has 0 aliphatic heterocycles. The topological polar surface area (TPSA) is 72.6 Å². The van der Waals surface area contributed by atoms with Crippen LogP contribution >= 0.6 is 0 Å². The lowest BCUT2D eigenvalue weighted by Crippen LogP contribution is -2.23. The lowest BCUT2D eigenvalue weighted by molar-refractivity contribution is -0.145. The van der Waals surface area contributed by atoms with E-state index >= 15 is 0 Å². The summed E-state index contributed by atoms with van der Waals surface area (Å²) < 4.78 is 5.12. The first-order valence-electron chi connectivity index (χ1n) is 6.92. The second kappa shape index (κ2) is 9.78. The van der Waals surface area contributed by atoms with Gasteiger partial charge < -0.3 is 15.4 Å². The van der Waals surface area contributed by atoms with Crippen molar-refractivity contribution >= 4 is 11.9 Å². The van der Waals surface area contributed by atoms with E-state index < -0.39 is 0 Å². The summed E-state index contributed by atoms with van der Waals surface area (Å²) in [5, 5.41) is 0. The third kappa shape index (κ3) is 9.47. The molecule has 0 heterocycles.